The summed E-state index contributed by atoms with van der Waals surface area (Å²) in [6.45, 7) is 0. The van der Waals surface area contributed by atoms with Crippen LogP contribution in [-0.4, -0.2) is 9.97 Å². The Morgan fingerprint density at radius 1 is 1.20 bits per heavy atom. The Bertz CT molecular complexity index is 476. The molecule has 0 aliphatic heterocycles. The summed E-state index contributed by atoms with van der Waals surface area (Å²) in [4.78, 5) is 6.97. The van der Waals surface area contributed by atoms with E-state index < -0.39 is 6.08 Å². The summed E-state index contributed by atoms with van der Waals surface area (Å²) >= 11 is 3.37. The lowest BCUT2D eigenvalue weighted by atomic mass is 10.3. The van der Waals surface area contributed by atoms with Gasteiger partial charge in [-0.1, -0.05) is 12.1 Å². The predicted octanol–water partition coefficient (Wildman–Crippen LogP) is 3.12. The van der Waals surface area contributed by atoms with Crippen molar-refractivity contribution in [3.05, 3.63) is 47.1 Å². The first-order valence-corrected chi connectivity index (χ1v) is 5.05. The topological polar surface area (TPSA) is 37.8 Å². The summed E-state index contributed by atoms with van der Waals surface area (Å²) in [7, 11) is 0. The largest absolute Gasteiger partial charge is 0.339 e. The molecule has 0 amide bonds. The van der Waals surface area contributed by atoms with Crippen molar-refractivity contribution in [3.8, 4) is 0 Å². The van der Waals surface area contributed by atoms with E-state index in [1.807, 2.05) is 24.3 Å². The number of nitrogens with zero attached hydrogens (tertiary/aromatic N) is 2. The Kier molecular flexibility index (Phi) is 2.91. The van der Waals surface area contributed by atoms with Gasteiger partial charge in [0.1, 0.15) is 5.82 Å². The fraction of sp³-hybridized carbons (Fsp3) is 0. The van der Waals surface area contributed by atoms with Gasteiger partial charge < -0.3 is 5.32 Å². The van der Waals surface area contributed by atoms with Gasteiger partial charge in [-0.25, -0.2) is 4.98 Å². The van der Waals surface area contributed by atoms with Gasteiger partial charge in [-0.3, -0.25) is 0 Å². The molecule has 5 heteroatoms. The van der Waals surface area contributed by atoms with Crippen LogP contribution in [0.1, 0.15) is 0 Å². The van der Waals surface area contributed by atoms with Gasteiger partial charge in [-0.15, -0.1) is 0 Å². The highest BCUT2D eigenvalue weighted by Gasteiger charge is 2.01. The van der Waals surface area contributed by atoms with Gasteiger partial charge in [-0.05, 0) is 34.1 Å². The van der Waals surface area contributed by atoms with Crippen LogP contribution in [0.3, 0.4) is 0 Å². The molecule has 0 radical (unpaired) electrons. The van der Waals surface area contributed by atoms with E-state index >= 15 is 0 Å². The van der Waals surface area contributed by atoms with Crippen molar-refractivity contribution in [2.75, 3.05) is 5.32 Å². The highest BCUT2D eigenvalue weighted by Crippen LogP contribution is 2.23. The van der Waals surface area contributed by atoms with Crippen molar-refractivity contribution in [2.24, 2.45) is 0 Å². The minimum absolute atomic E-state index is 0.425. The van der Waals surface area contributed by atoms with E-state index in [0.29, 0.717) is 5.82 Å². The van der Waals surface area contributed by atoms with Crippen LogP contribution in [-0.2, 0) is 0 Å². The second-order valence-corrected chi connectivity index (χ2v) is 3.67. The number of hydrogen-bond donors (Lipinski definition) is 1. The first kappa shape index (κ1) is 10.0. The van der Waals surface area contributed by atoms with Gasteiger partial charge in [0.05, 0.1) is 5.69 Å². The molecular formula is C10H7BrFN3. The number of aromatic nitrogens is 2. The van der Waals surface area contributed by atoms with Crippen LogP contribution in [0.15, 0.2) is 41.0 Å². The summed E-state index contributed by atoms with van der Waals surface area (Å²) in [6.07, 6.45) is 0.619. The summed E-state index contributed by atoms with van der Waals surface area (Å²) in [6, 6.07) is 9.13. The molecule has 0 aliphatic rings. The van der Waals surface area contributed by atoms with E-state index in [9.17, 15) is 4.39 Å². The van der Waals surface area contributed by atoms with Gasteiger partial charge in [0.25, 0.3) is 0 Å². The third-order valence-corrected chi connectivity index (χ3v) is 2.45. The first-order valence-electron chi connectivity index (χ1n) is 4.26. The lowest BCUT2D eigenvalue weighted by Gasteiger charge is -2.06. The molecule has 0 atom stereocenters. The molecule has 1 N–H and O–H groups in total. The molecule has 0 saturated carbocycles. The maximum atomic E-state index is 12.7. The molecule has 0 saturated heterocycles. The Labute approximate surface area is 94.5 Å². The van der Waals surface area contributed by atoms with Crippen LogP contribution in [0, 0.1) is 6.08 Å². The predicted molar refractivity (Wildman–Crippen MR) is 59.4 cm³/mol. The number of nitrogens with one attached hydrogen (secondary N) is 1. The molecule has 1 heterocycles. The highest BCUT2D eigenvalue weighted by atomic mass is 79.9. The molecule has 0 spiro atoms. The van der Waals surface area contributed by atoms with Gasteiger partial charge in [-0.2, -0.15) is 9.37 Å². The van der Waals surface area contributed by atoms with E-state index in [1.54, 1.807) is 6.07 Å². The van der Waals surface area contributed by atoms with Gasteiger partial charge in [0.15, 0.2) is 0 Å². The minimum Gasteiger partial charge on any atom is -0.339 e. The molecule has 76 valence electrons. The third-order valence-electron chi connectivity index (χ3n) is 1.76. The maximum absolute atomic E-state index is 12.7. The molecule has 0 bridgehead atoms. The van der Waals surface area contributed by atoms with Crippen molar-refractivity contribution < 1.29 is 4.39 Å². The zero-order chi connectivity index (χ0) is 10.7. The maximum Gasteiger partial charge on any atom is 0.310 e. The first-order chi connectivity index (χ1) is 7.25. The summed E-state index contributed by atoms with van der Waals surface area (Å²) in [5.74, 6) is 0.425. The van der Waals surface area contributed by atoms with E-state index in [2.05, 4.69) is 31.2 Å². The van der Waals surface area contributed by atoms with Crippen LogP contribution in [0.2, 0.25) is 0 Å². The standard InChI is InChI=1S/C10H7BrFN3/c11-7-3-1-2-4-8(7)14-9-5-6-13-10(12)15-9/h1-6H,(H,13,14,15). The summed E-state index contributed by atoms with van der Waals surface area (Å²) < 4.78 is 13.6. The monoisotopic (exact) mass is 267 g/mol. The van der Waals surface area contributed by atoms with E-state index in [1.165, 1.54) is 6.20 Å². The number of para-hydroxylation sites is 1. The summed E-state index contributed by atoms with van der Waals surface area (Å²) in [5.41, 5.74) is 0.829. The normalized spacial score (nSPS) is 10.0. The molecule has 1 aromatic heterocycles. The quantitative estimate of drug-likeness (QED) is 0.850. The van der Waals surface area contributed by atoms with Gasteiger partial charge >= 0.3 is 6.08 Å². The second-order valence-electron chi connectivity index (χ2n) is 2.82. The van der Waals surface area contributed by atoms with Crippen molar-refractivity contribution in [2.45, 2.75) is 0 Å². The SMILES string of the molecule is Fc1nccc(Nc2ccccc2Br)n1. The number of anilines is 2. The smallest absolute Gasteiger partial charge is 0.310 e. The molecule has 15 heavy (non-hydrogen) atoms. The molecule has 0 aliphatic carbocycles. The van der Waals surface area contributed by atoms with Crippen molar-refractivity contribution >= 4 is 27.4 Å². The number of hydrogen-bond acceptors (Lipinski definition) is 3. The zero-order valence-corrected chi connectivity index (χ0v) is 9.20. The Morgan fingerprint density at radius 2 is 2.00 bits per heavy atom. The lowest BCUT2D eigenvalue weighted by Crippen LogP contribution is -1.97. The Morgan fingerprint density at radius 3 is 2.73 bits per heavy atom. The van der Waals surface area contributed by atoms with Crippen molar-refractivity contribution in [1.82, 2.24) is 9.97 Å². The average molecular weight is 268 g/mol. The fourth-order valence-electron chi connectivity index (χ4n) is 1.11. The van der Waals surface area contributed by atoms with E-state index in [4.69, 9.17) is 0 Å². The van der Waals surface area contributed by atoms with Crippen LogP contribution in [0.4, 0.5) is 15.9 Å². The highest BCUT2D eigenvalue weighted by molar-refractivity contribution is 9.10. The number of benzene rings is 1. The molecule has 0 fully saturated rings. The van der Waals surface area contributed by atoms with Crippen molar-refractivity contribution in [1.29, 1.82) is 0 Å². The second kappa shape index (κ2) is 4.35. The average Bonchev–Trinajstić information content (AvgIpc) is 2.22. The van der Waals surface area contributed by atoms with Crippen LogP contribution in [0.5, 0.6) is 0 Å². The van der Waals surface area contributed by atoms with E-state index in [-0.39, 0.29) is 0 Å². The number of rotatable bonds is 2. The molecule has 3 nitrogen and oxygen atoms in total. The molecule has 2 aromatic rings. The van der Waals surface area contributed by atoms with Gasteiger partial charge in [0, 0.05) is 10.7 Å². The molecule has 1 aromatic carbocycles. The molecule has 2 rings (SSSR count). The van der Waals surface area contributed by atoms with E-state index in [0.717, 1.165) is 10.2 Å². The molecule has 0 unspecified atom stereocenters. The zero-order valence-electron chi connectivity index (χ0n) is 7.61. The molecular weight excluding hydrogens is 261 g/mol. The minimum atomic E-state index is -0.743. The Balaban J connectivity index is 2.26. The van der Waals surface area contributed by atoms with Crippen molar-refractivity contribution in [3.63, 3.8) is 0 Å². The summed E-state index contributed by atoms with van der Waals surface area (Å²) in [5, 5.41) is 2.98. The van der Waals surface area contributed by atoms with Crippen LogP contribution >= 0.6 is 15.9 Å². The van der Waals surface area contributed by atoms with Crippen LogP contribution in [0.25, 0.3) is 0 Å². The van der Waals surface area contributed by atoms with Gasteiger partial charge in [0.2, 0.25) is 0 Å². The fourth-order valence-corrected chi connectivity index (χ4v) is 1.49. The third kappa shape index (κ3) is 2.50. The number of halogens is 2. The van der Waals surface area contributed by atoms with Crippen LogP contribution < -0.4 is 5.32 Å². The Hall–Kier alpha value is -1.49. The lowest BCUT2D eigenvalue weighted by molar-refractivity contribution is 0.540.